The maximum absolute atomic E-state index is 13.3. The van der Waals surface area contributed by atoms with Gasteiger partial charge in [0.25, 0.3) is 0 Å². The molecule has 1 aromatic carbocycles. The first-order valence-electron chi connectivity index (χ1n) is 11.9. The minimum absolute atomic E-state index is 0.0424. The van der Waals surface area contributed by atoms with Gasteiger partial charge in [-0.2, -0.15) is 26.3 Å². The van der Waals surface area contributed by atoms with E-state index in [2.05, 4.69) is 17.2 Å². The van der Waals surface area contributed by atoms with Gasteiger partial charge in [-0.3, -0.25) is 4.79 Å². The topological polar surface area (TPSA) is 50.4 Å². The van der Waals surface area contributed by atoms with Crippen molar-refractivity contribution in [2.45, 2.75) is 76.0 Å². The Bertz CT molecular complexity index is 998. The van der Waals surface area contributed by atoms with Gasteiger partial charge in [-0.15, -0.1) is 0 Å². The summed E-state index contributed by atoms with van der Waals surface area (Å²) in [4.78, 5) is 11.8. The third kappa shape index (κ3) is 8.20. The highest BCUT2D eigenvalue weighted by molar-refractivity contribution is 5.79. The standard InChI is InChI=1S/C27H34F6N2O2/c1-6-7-8-9-18(2)25(34-5,13-12-24(4)11-10-23(36)35-24)17-37-19(3)20-14-21(26(28,29)30)16-22(15-20)27(31,32)33/h6-9,14-16,19,34H,2,10-13,17H2,1,3-5H3,(H,35,36)/b7-6-,9-8-/t19-,24-,25-/m1/s1. The Labute approximate surface area is 213 Å². The molecule has 1 heterocycles. The molecule has 0 radical (unpaired) electrons. The number of carbonyl (C=O) groups is 1. The molecule has 1 saturated heterocycles. The van der Waals surface area contributed by atoms with Crippen LogP contribution >= 0.6 is 0 Å². The summed E-state index contributed by atoms with van der Waals surface area (Å²) in [7, 11) is 1.68. The molecule has 4 nitrogen and oxygen atoms in total. The highest BCUT2D eigenvalue weighted by Crippen LogP contribution is 2.38. The van der Waals surface area contributed by atoms with Crippen LogP contribution in [0.25, 0.3) is 0 Å². The van der Waals surface area contributed by atoms with Crippen molar-refractivity contribution >= 4 is 5.91 Å². The van der Waals surface area contributed by atoms with E-state index in [0.29, 0.717) is 43.4 Å². The number of rotatable bonds is 11. The van der Waals surface area contributed by atoms with Crippen molar-refractivity contribution < 1.29 is 35.9 Å². The minimum Gasteiger partial charge on any atom is -0.372 e. The molecule has 1 aliphatic rings. The van der Waals surface area contributed by atoms with Gasteiger partial charge < -0.3 is 15.4 Å². The number of likely N-dealkylation sites (N-methyl/N-ethyl adjacent to an activating group) is 1. The number of alkyl halides is 6. The Hall–Kier alpha value is -2.59. The van der Waals surface area contributed by atoms with E-state index in [0.717, 1.165) is 0 Å². The number of nitrogens with one attached hydrogen (secondary N) is 2. The molecule has 37 heavy (non-hydrogen) atoms. The molecule has 206 valence electrons. The molecule has 1 aliphatic heterocycles. The van der Waals surface area contributed by atoms with Crippen LogP contribution in [0, 0.1) is 0 Å². The van der Waals surface area contributed by atoms with Crippen molar-refractivity contribution in [3.63, 3.8) is 0 Å². The molecule has 3 atom stereocenters. The average Bonchev–Trinajstić information content (AvgIpc) is 3.16. The molecule has 1 amide bonds. The highest BCUT2D eigenvalue weighted by Gasteiger charge is 2.40. The summed E-state index contributed by atoms with van der Waals surface area (Å²) in [6.45, 7) is 9.26. The first-order valence-corrected chi connectivity index (χ1v) is 11.9. The van der Waals surface area contributed by atoms with Gasteiger partial charge in [0.15, 0.2) is 0 Å². The van der Waals surface area contributed by atoms with Gasteiger partial charge in [0.1, 0.15) is 0 Å². The number of halogens is 6. The van der Waals surface area contributed by atoms with Crippen molar-refractivity contribution in [2.75, 3.05) is 13.7 Å². The Morgan fingerprint density at radius 1 is 1.16 bits per heavy atom. The Morgan fingerprint density at radius 3 is 2.22 bits per heavy atom. The lowest BCUT2D eigenvalue weighted by Gasteiger charge is -2.38. The van der Waals surface area contributed by atoms with E-state index in [4.69, 9.17) is 4.74 Å². The average molecular weight is 533 g/mol. The van der Waals surface area contributed by atoms with Crippen molar-refractivity contribution in [3.8, 4) is 0 Å². The largest absolute Gasteiger partial charge is 0.416 e. The van der Waals surface area contributed by atoms with E-state index in [9.17, 15) is 31.1 Å². The quantitative estimate of drug-likeness (QED) is 0.241. The Balaban J connectivity index is 2.35. The number of benzene rings is 1. The second kappa shape index (κ2) is 11.9. The molecular weight excluding hydrogens is 498 g/mol. The fraction of sp³-hybridized carbons (Fsp3) is 0.519. The molecule has 10 heteroatoms. The second-order valence-electron chi connectivity index (χ2n) is 9.64. The van der Waals surface area contributed by atoms with Crippen molar-refractivity contribution in [1.82, 2.24) is 10.6 Å². The monoisotopic (exact) mass is 532 g/mol. The van der Waals surface area contributed by atoms with Crippen molar-refractivity contribution in [2.24, 2.45) is 0 Å². The third-order valence-corrected chi connectivity index (χ3v) is 6.80. The molecule has 0 spiro atoms. The summed E-state index contributed by atoms with van der Waals surface area (Å²) in [6.07, 6.45) is -1.74. The lowest BCUT2D eigenvalue weighted by molar-refractivity contribution is -0.143. The van der Waals surface area contributed by atoms with Gasteiger partial charge in [0, 0.05) is 12.0 Å². The highest BCUT2D eigenvalue weighted by atomic mass is 19.4. The van der Waals surface area contributed by atoms with Crippen LogP contribution in [-0.4, -0.2) is 30.6 Å². The molecule has 2 rings (SSSR count). The fourth-order valence-corrected chi connectivity index (χ4v) is 4.23. The van der Waals surface area contributed by atoms with Gasteiger partial charge in [-0.25, -0.2) is 0 Å². The summed E-state index contributed by atoms with van der Waals surface area (Å²) in [6, 6.07) is 1.45. The molecule has 0 unspecified atom stereocenters. The molecule has 0 bridgehead atoms. The summed E-state index contributed by atoms with van der Waals surface area (Å²) in [5.41, 5.74) is -3.74. The zero-order chi connectivity index (χ0) is 28.1. The fourth-order valence-electron chi connectivity index (χ4n) is 4.23. The van der Waals surface area contributed by atoms with Crippen LogP contribution < -0.4 is 10.6 Å². The van der Waals surface area contributed by atoms with E-state index >= 15 is 0 Å². The zero-order valence-electron chi connectivity index (χ0n) is 21.4. The van der Waals surface area contributed by atoms with E-state index < -0.39 is 40.7 Å². The van der Waals surface area contributed by atoms with Crippen LogP contribution in [0.2, 0.25) is 0 Å². The molecule has 0 saturated carbocycles. The van der Waals surface area contributed by atoms with Crippen LogP contribution in [-0.2, 0) is 21.9 Å². The number of ether oxygens (including phenoxy) is 1. The van der Waals surface area contributed by atoms with Gasteiger partial charge in [0.2, 0.25) is 5.91 Å². The van der Waals surface area contributed by atoms with Crippen LogP contribution in [0.5, 0.6) is 0 Å². The lowest BCUT2D eigenvalue weighted by atomic mass is 9.81. The second-order valence-corrected chi connectivity index (χ2v) is 9.64. The minimum atomic E-state index is -4.95. The Kier molecular flexibility index (Phi) is 9.81. The summed E-state index contributed by atoms with van der Waals surface area (Å²) < 4.78 is 85.8. The number of allylic oxidation sites excluding steroid dienone is 3. The number of carbonyl (C=O) groups excluding carboxylic acids is 1. The molecule has 2 N–H and O–H groups in total. The predicted octanol–water partition coefficient (Wildman–Crippen LogP) is 6.90. The molecule has 0 aromatic heterocycles. The number of amides is 1. The summed E-state index contributed by atoms with van der Waals surface area (Å²) >= 11 is 0. The van der Waals surface area contributed by atoms with Gasteiger partial charge in [-0.05, 0) is 76.4 Å². The van der Waals surface area contributed by atoms with Crippen molar-refractivity contribution in [3.05, 3.63) is 71.3 Å². The molecule has 1 fully saturated rings. The number of hydrogen-bond acceptors (Lipinski definition) is 3. The maximum atomic E-state index is 13.3. The zero-order valence-corrected chi connectivity index (χ0v) is 21.4. The van der Waals surface area contributed by atoms with Crippen molar-refractivity contribution in [1.29, 1.82) is 0 Å². The van der Waals surface area contributed by atoms with E-state index in [1.165, 1.54) is 6.92 Å². The van der Waals surface area contributed by atoms with Crippen LogP contribution in [0.3, 0.4) is 0 Å². The first kappa shape index (κ1) is 30.6. The third-order valence-electron chi connectivity index (χ3n) is 6.80. The molecular formula is C27H34F6N2O2. The maximum Gasteiger partial charge on any atom is 0.416 e. The van der Waals surface area contributed by atoms with Gasteiger partial charge in [-0.1, -0.05) is 30.9 Å². The van der Waals surface area contributed by atoms with Crippen LogP contribution in [0.15, 0.2) is 54.7 Å². The molecule has 0 aliphatic carbocycles. The normalized spacial score (nSPS) is 21.4. The van der Waals surface area contributed by atoms with E-state index in [-0.39, 0.29) is 24.1 Å². The van der Waals surface area contributed by atoms with E-state index in [1.807, 2.05) is 19.9 Å². The first-order chi connectivity index (χ1) is 17.0. The summed E-state index contributed by atoms with van der Waals surface area (Å²) in [5, 5.41) is 6.17. The number of hydrogen-bond donors (Lipinski definition) is 2. The van der Waals surface area contributed by atoms with Gasteiger partial charge in [0.05, 0.1) is 29.4 Å². The predicted molar refractivity (Wildman–Crippen MR) is 131 cm³/mol. The Morgan fingerprint density at radius 2 is 1.76 bits per heavy atom. The SMILES string of the molecule is C=C(/C=C\C=C/C)[C@@](CC[C@@]1(C)CCC(=O)N1)(CO[C@H](C)c1cc(C(F)(F)F)cc(C(F)(F)F)c1)NC. The van der Waals surface area contributed by atoms with Crippen LogP contribution in [0.4, 0.5) is 26.3 Å². The van der Waals surface area contributed by atoms with Gasteiger partial charge >= 0.3 is 12.4 Å². The molecule has 1 aromatic rings. The van der Waals surface area contributed by atoms with E-state index in [1.54, 1.807) is 25.3 Å². The smallest absolute Gasteiger partial charge is 0.372 e. The lowest BCUT2D eigenvalue weighted by Crippen LogP contribution is -2.51. The van der Waals surface area contributed by atoms with Crippen LogP contribution in [0.1, 0.15) is 69.2 Å². The summed E-state index contributed by atoms with van der Waals surface area (Å²) in [5.74, 6) is -0.0424.